The minimum absolute atomic E-state index is 0.0307. The van der Waals surface area contributed by atoms with E-state index in [0.29, 0.717) is 28.2 Å². The molecule has 1 aliphatic rings. The molecular formula is C22H23N3O3S. The molecule has 29 heavy (non-hydrogen) atoms. The monoisotopic (exact) mass is 409 g/mol. The van der Waals surface area contributed by atoms with Gasteiger partial charge in [0.15, 0.2) is 5.17 Å². The lowest BCUT2D eigenvalue weighted by atomic mass is 10.0. The Morgan fingerprint density at radius 2 is 1.97 bits per heavy atom. The molecule has 6 nitrogen and oxygen atoms in total. The zero-order chi connectivity index (χ0) is 21.0. The number of hydrogen-bond acceptors (Lipinski definition) is 5. The Kier molecular flexibility index (Phi) is 6.39. The zero-order valence-corrected chi connectivity index (χ0v) is 17.4. The van der Waals surface area contributed by atoms with Crippen molar-refractivity contribution in [1.29, 1.82) is 0 Å². The number of methoxy groups -OCH3 is 1. The van der Waals surface area contributed by atoms with Gasteiger partial charge in [0, 0.05) is 6.07 Å². The predicted molar refractivity (Wildman–Crippen MR) is 118 cm³/mol. The number of aliphatic imine (C=N–C) groups is 1. The first-order valence-electron chi connectivity index (χ1n) is 9.19. The van der Waals surface area contributed by atoms with E-state index in [0.717, 1.165) is 17.3 Å². The summed E-state index contributed by atoms with van der Waals surface area (Å²) < 4.78 is 5.26. The van der Waals surface area contributed by atoms with Gasteiger partial charge in [-0.25, -0.2) is 4.99 Å². The van der Waals surface area contributed by atoms with Crippen LogP contribution in [0.2, 0.25) is 0 Å². The maximum Gasteiger partial charge on any atom is 0.283 e. The number of carbonyl (C=O) groups excluding carboxylic acids is 2. The Bertz CT molecular complexity index is 981. The molecule has 2 N–H and O–H groups in total. The van der Waals surface area contributed by atoms with Crippen molar-refractivity contribution in [2.75, 3.05) is 17.8 Å². The third-order valence-corrected chi connectivity index (χ3v) is 5.35. The molecule has 150 valence electrons. The molecule has 0 unspecified atom stereocenters. The Morgan fingerprint density at radius 1 is 1.24 bits per heavy atom. The summed E-state index contributed by atoms with van der Waals surface area (Å²) in [6.45, 7) is 4.26. The first-order chi connectivity index (χ1) is 13.9. The molecule has 0 aromatic heterocycles. The van der Waals surface area contributed by atoms with Crippen LogP contribution in [0.3, 0.4) is 0 Å². The molecule has 0 saturated heterocycles. The number of nitrogens with two attached hydrogens (primary N) is 1. The summed E-state index contributed by atoms with van der Waals surface area (Å²) in [4.78, 5) is 30.3. The summed E-state index contributed by atoms with van der Waals surface area (Å²) in [6.07, 6.45) is 1.75. The van der Waals surface area contributed by atoms with E-state index in [1.165, 1.54) is 10.5 Å². The third kappa shape index (κ3) is 4.86. The number of carbonyl (C=O) groups is 2. The number of rotatable bonds is 6. The molecule has 1 aliphatic heterocycles. The lowest BCUT2D eigenvalue weighted by Gasteiger charge is -2.18. The van der Waals surface area contributed by atoms with Crippen molar-refractivity contribution in [1.82, 2.24) is 0 Å². The van der Waals surface area contributed by atoms with Crippen molar-refractivity contribution in [2.24, 2.45) is 10.7 Å². The van der Waals surface area contributed by atoms with Gasteiger partial charge >= 0.3 is 0 Å². The Morgan fingerprint density at radius 3 is 2.59 bits per heavy atom. The van der Waals surface area contributed by atoms with Gasteiger partial charge in [0.2, 0.25) is 5.91 Å². The van der Waals surface area contributed by atoms with Crippen LogP contribution in [-0.4, -0.2) is 29.8 Å². The van der Waals surface area contributed by atoms with Crippen LogP contribution in [0, 0.1) is 0 Å². The zero-order valence-electron chi connectivity index (χ0n) is 16.6. The van der Waals surface area contributed by atoms with Crippen molar-refractivity contribution >= 4 is 40.5 Å². The SMILES string of the molecule is COc1cccc(N2C(=O)C(=Cc3ccc(C(C)C)cc3)N=C2SCC(N)=O)c1. The summed E-state index contributed by atoms with van der Waals surface area (Å²) in [5, 5.41) is 0.409. The van der Waals surface area contributed by atoms with Crippen molar-refractivity contribution in [3.63, 3.8) is 0 Å². The van der Waals surface area contributed by atoms with E-state index in [1.54, 1.807) is 37.5 Å². The van der Waals surface area contributed by atoms with Gasteiger partial charge < -0.3 is 10.5 Å². The summed E-state index contributed by atoms with van der Waals surface area (Å²) in [5.41, 5.74) is 8.30. The van der Waals surface area contributed by atoms with E-state index in [9.17, 15) is 9.59 Å². The molecule has 0 spiro atoms. The van der Waals surface area contributed by atoms with Gasteiger partial charge in [-0.15, -0.1) is 0 Å². The van der Waals surface area contributed by atoms with E-state index < -0.39 is 5.91 Å². The normalized spacial score (nSPS) is 15.2. The van der Waals surface area contributed by atoms with Crippen molar-refractivity contribution in [3.8, 4) is 5.75 Å². The van der Waals surface area contributed by atoms with E-state index in [2.05, 4.69) is 18.8 Å². The van der Waals surface area contributed by atoms with E-state index in [-0.39, 0.29) is 11.7 Å². The van der Waals surface area contributed by atoms with Crippen LogP contribution in [-0.2, 0) is 9.59 Å². The number of amides is 2. The molecule has 2 aromatic carbocycles. The lowest BCUT2D eigenvalue weighted by molar-refractivity contribution is -0.115. The Balaban J connectivity index is 1.95. The van der Waals surface area contributed by atoms with Gasteiger partial charge in [-0.2, -0.15) is 0 Å². The molecule has 0 saturated carbocycles. The number of ether oxygens (including phenoxy) is 1. The first-order valence-corrected chi connectivity index (χ1v) is 10.2. The fraction of sp³-hybridized carbons (Fsp3) is 0.227. The summed E-state index contributed by atoms with van der Waals surface area (Å²) in [5.74, 6) is 0.346. The molecule has 0 radical (unpaired) electrons. The fourth-order valence-electron chi connectivity index (χ4n) is 2.84. The number of thioether (sulfide) groups is 1. The summed E-state index contributed by atoms with van der Waals surface area (Å²) >= 11 is 1.13. The average Bonchev–Trinajstić information content (AvgIpc) is 3.02. The summed E-state index contributed by atoms with van der Waals surface area (Å²) in [6, 6.07) is 15.2. The highest BCUT2D eigenvalue weighted by Gasteiger charge is 2.32. The molecule has 0 aliphatic carbocycles. The number of anilines is 1. The number of benzene rings is 2. The number of nitrogens with zero attached hydrogens (tertiary/aromatic N) is 2. The highest BCUT2D eigenvalue weighted by atomic mass is 32.2. The van der Waals surface area contributed by atoms with Crippen molar-refractivity contribution < 1.29 is 14.3 Å². The minimum atomic E-state index is -0.475. The van der Waals surface area contributed by atoms with Gasteiger partial charge in [-0.05, 0) is 35.3 Å². The van der Waals surface area contributed by atoms with Crippen molar-refractivity contribution in [2.45, 2.75) is 19.8 Å². The lowest BCUT2D eigenvalue weighted by Crippen LogP contribution is -2.31. The molecule has 0 atom stereocenters. The van der Waals surface area contributed by atoms with Gasteiger partial charge in [-0.3, -0.25) is 14.5 Å². The topological polar surface area (TPSA) is 85.0 Å². The first kappa shape index (κ1) is 20.7. The van der Waals surface area contributed by atoms with Gasteiger partial charge in [0.25, 0.3) is 5.91 Å². The average molecular weight is 410 g/mol. The van der Waals surface area contributed by atoms with Crippen molar-refractivity contribution in [3.05, 3.63) is 65.4 Å². The highest BCUT2D eigenvalue weighted by Crippen LogP contribution is 2.31. The quantitative estimate of drug-likeness (QED) is 0.736. The fourth-order valence-corrected chi connectivity index (χ4v) is 3.59. The molecule has 3 rings (SSSR count). The van der Waals surface area contributed by atoms with Crippen LogP contribution >= 0.6 is 11.8 Å². The van der Waals surface area contributed by atoms with Crippen LogP contribution in [0.5, 0.6) is 5.75 Å². The minimum Gasteiger partial charge on any atom is -0.497 e. The van der Waals surface area contributed by atoms with E-state index in [1.807, 2.05) is 24.3 Å². The maximum atomic E-state index is 13.1. The molecule has 0 fully saturated rings. The van der Waals surface area contributed by atoms with Crippen LogP contribution in [0.15, 0.2) is 59.2 Å². The highest BCUT2D eigenvalue weighted by molar-refractivity contribution is 8.14. The second-order valence-electron chi connectivity index (χ2n) is 6.84. The number of primary amides is 1. The predicted octanol–water partition coefficient (Wildman–Crippen LogP) is 3.78. The van der Waals surface area contributed by atoms with E-state index >= 15 is 0 Å². The molecular weight excluding hydrogens is 386 g/mol. The molecule has 1 heterocycles. The van der Waals surface area contributed by atoms with Crippen LogP contribution in [0.1, 0.15) is 30.9 Å². The van der Waals surface area contributed by atoms with Gasteiger partial charge in [0.1, 0.15) is 11.4 Å². The van der Waals surface area contributed by atoms with E-state index in [4.69, 9.17) is 10.5 Å². The third-order valence-electron chi connectivity index (χ3n) is 4.39. The largest absolute Gasteiger partial charge is 0.497 e. The maximum absolute atomic E-state index is 13.1. The van der Waals surface area contributed by atoms with Crippen LogP contribution in [0.25, 0.3) is 6.08 Å². The Hall–Kier alpha value is -3.06. The Labute approximate surface area is 174 Å². The second-order valence-corrected chi connectivity index (χ2v) is 7.78. The van der Waals surface area contributed by atoms with Gasteiger partial charge in [0.05, 0.1) is 18.6 Å². The molecule has 0 bridgehead atoms. The summed E-state index contributed by atoms with van der Waals surface area (Å²) in [7, 11) is 1.56. The standard InChI is InChI=1S/C22H23N3O3S/c1-14(2)16-9-7-15(8-10-16)11-19-21(27)25(22(24-19)29-13-20(23)26)17-5-4-6-18(12-17)28-3/h4-12,14H,13H2,1-3H3,(H2,23,26). The van der Waals surface area contributed by atoms with Gasteiger partial charge in [-0.1, -0.05) is 55.9 Å². The molecule has 2 amide bonds. The number of hydrogen-bond donors (Lipinski definition) is 1. The van der Waals surface area contributed by atoms with Crippen LogP contribution in [0.4, 0.5) is 5.69 Å². The molecule has 7 heteroatoms. The second kappa shape index (κ2) is 8.96. The number of amidine groups is 1. The molecule has 2 aromatic rings. The van der Waals surface area contributed by atoms with Crippen LogP contribution < -0.4 is 15.4 Å². The smallest absolute Gasteiger partial charge is 0.283 e.